The van der Waals surface area contributed by atoms with Crippen LogP contribution in [0.4, 0.5) is 17.6 Å². The van der Waals surface area contributed by atoms with E-state index >= 15 is 0 Å². The van der Waals surface area contributed by atoms with Crippen molar-refractivity contribution in [2.24, 2.45) is 0 Å². The Hall–Kier alpha value is -2.88. The van der Waals surface area contributed by atoms with E-state index in [1.54, 1.807) is 17.9 Å². The smallest absolute Gasteiger partial charge is 0.373 e. The molecule has 4 rings (SSSR count). The number of benzene rings is 1. The molecule has 1 saturated heterocycles. The number of carbonyl (C=O) groups excluding carboxylic acids is 2. The second kappa shape index (κ2) is 9.40. The van der Waals surface area contributed by atoms with Crippen molar-refractivity contribution >= 4 is 11.8 Å². The summed E-state index contributed by atoms with van der Waals surface area (Å²) in [5.74, 6) is -2.01. The van der Waals surface area contributed by atoms with Crippen LogP contribution >= 0.6 is 0 Å². The van der Waals surface area contributed by atoms with Gasteiger partial charge in [-0.05, 0) is 49.9 Å². The highest BCUT2D eigenvalue weighted by Crippen LogP contribution is 2.33. The van der Waals surface area contributed by atoms with Crippen LogP contribution in [0.3, 0.4) is 0 Å². The maximum absolute atomic E-state index is 14.1. The van der Waals surface area contributed by atoms with E-state index in [1.165, 1.54) is 6.07 Å². The molecule has 0 radical (unpaired) electrons. The van der Waals surface area contributed by atoms with Gasteiger partial charge in [0.1, 0.15) is 11.5 Å². The van der Waals surface area contributed by atoms with E-state index in [4.69, 9.17) is 4.74 Å². The minimum atomic E-state index is -4.80. The van der Waals surface area contributed by atoms with Gasteiger partial charge in [-0.1, -0.05) is 13.0 Å². The number of aromatic nitrogens is 1. The number of likely N-dealkylation sites (tertiary alicyclic amines) is 1. The third-order valence-corrected chi connectivity index (χ3v) is 6.60. The fourth-order valence-electron chi connectivity index (χ4n) is 4.72. The molecule has 2 aliphatic heterocycles. The topological polar surface area (TPSA) is 63.6 Å². The molecule has 1 unspecified atom stereocenters. The van der Waals surface area contributed by atoms with Crippen LogP contribution in [-0.4, -0.2) is 40.5 Å². The zero-order valence-corrected chi connectivity index (χ0v) is 19.0. The Labute approximate surface area is 194 Å². The second-order valence-corrected chi connectivity index (χ2v) is 8.76. The minimum Gasteiger partial charge on any atom is -0.373 e. The van der Waals surface area contributed by atoms with Gasteiger partial charge >= 0.3 is 6.18 Å². The van der Waals surface area contributed by atoms with Crippen LogP contribution in [0.25, 0.3) is 0 Å². The fourth-order valence-corrected chi connectivity index (χ4v) is 4.72. The molecule has 1 fully saturated rings. The van der Waals surface area contributed by atoms with E-state index in [1.807, 2.05) is 11.5 Å². The van der Waals surface area contributed by atoms with E-state index in [-0.39, 0.29) is 29.7 Å². The molecule has 1 aromatic heterocycles. The number of rotatable bonds is 5. The van der Waals surface area contributed by atoms with Crippen molar-refractivity contribution in [3.8, 4) is 0 Å². The van der Waals surface area contributed by atoms with Gasteiger partial charge < -0.3 is 19.5 Å². The lowest BCUT2D eigenvalue weighted by Gasteiger charge is -2.24. The molecule has 1 N–H and O–H groups in total. The zero-order chi connectivity index (χ0) is 24.6. The van der Waals surface area contributed by atoms with Gasteiger partial charge in [-0.25, -0.2) is 4.39 Å². The monoisotopic (exact) mass is 481 g/mol. The highest BCUT2D eigenvalue weighted by molar-refractivity contribution is 6.01. The maximum atomic E-state index is 14.1. The summed E-state index contributed by atoms with van der Waals surface area (Å²) in [6.45, 7) is 5.42. The molecule has 2 atom stereocenters. The van der Waals surface area contributed by atoms with Gasteiger partial charge in [-0.15, -0.1) is 0 Å². The molecule has 184 valence electrons. The van der Waals surface area contributed by atoms with E-state index < -0.39 is 29.5 Å². The maximum Gasteiger partial charge on any atom is 0.419 e. The Bertz CT molecular complexity index is 1100. The number of fused-ring (bicyclic) bond motifs is 1. The highest BCUT2D eigenvalue weighted by atomic mass is 19.4. The predicted octanol–water partition coefficient (Wildman–Crippen LogP) is 4.68. The summed E-state index contributed by atoms with van der Waals surface area (Å²) in [4.78, 5) is 28.2. The van der Waals surface area contributed by atoms with Crippen LogP contribution in [0, 0.1) is 5.82 Å². The Morgan fingerprint density at radius 1 is 1.24 bits per heavy atom. The average molecular weight is 481 g/mol. The number of hydrogen-bond acceptors (Lipinski definition) is 3. The molecule has 0 aliphatic carbocycles. The van der Waals surface area contributed by atoms with Crippen molar-refractivity contribution in [1.29, 1.82) is 0 Å². The lowest BCUT2D eigenvalue weighted by atomic mass is 10.0. The van der Waals surface area contributed by atoms with Crippen molar-refractivity contribution in [3.05, 3.63) is 58.2 Å². The van der Waals surface area contributed by atoms with Gasteiger partial charge in [0.15, 0.2) is 0 Å². The SMILES string of the molecule is CC[C@@H](NC(=O)c1cc(C(=O)N2CCCC2C)n2c1COCC2)c1ccc(C(F)(F)F)c(F)c1. The fraction of sp³-hybridized carbons (Fsp3) is 0.500. The van der Waals surface area contributed by atoms with E-state index in [9.17, 15) is 27.2 Å². The van der Waals surface area contributed by atoms with Crippen LogP contribution in [0.15, 0.2) is 24.3 Å². The largest absolute Gasteiger partial charge is 0.419 e. The summed E-state index contributed by atoms with van der Waals surface area (Å²) in [6.07, 6.45) is -2.61. The number of alkyl halides is 3. The molecule has 1 aromatic carbocycles. The van der Waals surface area contributed by atoms with E-state index in [0.717, 1.165) is 18.9 Å². The predicted molar refractivity (Wildman–Crippen MR) is 116 cm³/mol. The van der Waals surface area contributed by atoms with Crippen molar-refractivity contribution in [2.75, 3.05) is 13.2 Å². The van der Waals surface area contributed by atoms with Gasteiger partial charge in [-0.2, -0.15) is 13.2 Å². The van der Waals surface area contributed by atoms with E-state index in [2.05, 4.69) is 5.32 Å². The Balaban J connectivity index is 1.61. The third-order valence-electron chi connectivity index (χ3n) is 6.60. The molecule has 6 nitrogen and oxygen atoms in total. The molecule has 3 heterocycles. The van der Waals surface area contributed by atoms with E-state index in [0.29, 0.717) is 43.6 Å². The normalized spacial score (nSPS) is 19.1. The molecule has 2 amide bonds. The summed E-state index contributed by atoms with van der Waals surface area (Å²) >= 11 is 0. The van der Waals surface area contributed by atoms with Crippen molar-refractivity contribution in [3.63, 3.8) is 0 Å². The zero-order valence-electron chi connectivity index (χ0n) is 19.0. The first kappa shape index (κ1) is 24.3. The van der Waals surface area contributed by atoms with Crippen LogP contribution < -0.4 is 5.32 Å². The summed E-state index contributed by atoms with van der Waals surface area (Å²) in [5.41, 5.74) is 0.155. The first-order chi connectivity index (χ1) is 16.1. The highest BCUT2D eigenvalue weighted by Gasteiger charge is 2.35. The van der Waals surface area contributed by atoms with Crippen LogP contribution in [0.5, 0.6) is 0 Å². The van der Waals surface area contributed by atoms with Gasteiger partial charge in [0, 0.05) is 19.1 Å². The molecule has 34 heavy (non-hydrogen) atoms. The van der Waals surface area contributed by atoms with Gasteiger partial charge in [0.25, 0.3) is 11.8 Å². The van der Waals surface area contributed by atoms with Crippen molar-refractivity contribution in [2.45, 2.75) is 64.5 Å². The Morgan fingerprint density at radius 2 is 2.00 bits per heavy atom. The van der Waals surface area contributed by atoms with Crippen LogP contribution in [0.1, 0.15) is 76.8 Å². The first-order valence-corrected chi connectivity index (χ1v) is 11.4. The standard InChI is InChI=1S/C24H27F4N3O3/c1-3-19(15-6-7-17(18(25)11-15)24(26,27)28)29-22(32)16-12-20(31-9-10-34-13-21(16)31)23(33)30-8-4-5-14(30)2/h6-7,11-12,14,19H,3-5,8-10,13H2,1-2H3,(H,29,32)/t14?,19-/m1/s1. The summed E-state index contributed by atoms with van der Waals surface area (Å²) < 4.78 is 60.1. The Morgan fingerprint density at radius 3 is 2.62 bits per heavy atom. The lowest BCUT2D eigenvalue weighted by molar-refractivity contribution is -0.140. The molecular formula is C24H27F4N3O3. The van der Waals surface area contributed by atoms with Gasteiger partial charge in [-0.3, -0.25) is 9.59 Å². The number of amides is 2. The Kier molecular flexibility index (Phi) is 6.71. The van der Waals surface area contributed by atoms with Crippen molar-refractivity contribution in [1.82, 2.24) is 14.8 Å². The summed E-state index contributed by atoms with van der Waals surface area (Å²) in [6, 6.07) is 3.63. The number of halogens is 4. The number of nitrogens with zero attached hydrogens (tertiary/aromatic N) is 2. The summed E-state index contributed by atoms with van der Waals surface area (Å²) in [5, 5.41) is 2.78. The molecule has 2 aliphatic rings. The number of carbonyl (C=O) groups is 2. The number of ether oxygens (including phenoxy) is 1. The second-order valence-electron chi connectivity index (χ2n) is 8.76. The molecule has 0 saturated carbocycles. The van der Waals surface area contributed by atoms with Gasteiger partial charge in [0.05, 0.1) is 36.1 Å². The average Bonchev–Trinajstić information content (AvgIpc) is 3.39. The molecular weight excluding hydrogens is 454 g/mol. The number of hydrogen-bond donors (Lipinski definition) is 1. The third kappa shape index (κ3) is 4.55. The van der Waals surface area contributed by atoms with Gasteiger partial charge in [0.2, 0.25) is 0 Å². The molecule has 0 spiro atoms. The number of nitrogens with one attached hydrogen (secondary N) is 1. The molecule has 0 bridgehead atoms. The van der Waals surface area contributed by atoms with Crippen LogP contribution in [0.2, 0.25) is 0 Å². The van der Waals surface area contributed by atoms with Crippen molar-refractivity contribution < 1.29 is 31.9 Å². The molecule has 2 aromatic rings. The van der Waals surface area contributed by atoms with Crippen LogP contribution in [-0.2, 0) is 24.1 Å². The first-order valence-electron chi connectivity index (χ1n) is 11.4. The summed E-state index contributed by atoms with van der Waals surface area (Å²) in [7, 11) is 0. The molecule has 10 heteroatoms. The quantitative estimate of drug-likeness (QED) is 0.631. The minimum absolute atomic E-state index is 0.120. The lowest BCUT2D eigenvalue weighted by Crippen LogP contribution is -2.35.